The molecule has 1 aliphatic heterocycles. The number of ether oxygens (including phenoxy) is 2. The number of hydrogen-bond acceptors (Lipinski definition) is 5. The summed E-state index contributed by atoms with van der Waals surface area (Å²) in [4.78, 5) is 18.1. The highest BCUT2D eigenvalue weighted by atomic mass is 79.9. The summed E-state index contributed by atoms with van der Waals surface area (Å²) >= 11 is 3.57. The normalized spacial score (nSPS) is 15.9. The second-order valence-electron chi connectivity index (χ2n) is 6.49. The first-order valence-electron chi connectivity index (χ1n) is 8.59. The van der Waals surface area contributed by atoms with Crippen LogP contribution in [0.1, 0.15) is 12.5 Å². The van der Waals surface area contributed by atoms with Crippen LogP contribution in [0.3, 0.4) is 0 Å². The Bertz CT molecular complexity index is 587. The number of nitrogens with zero attached hydrogens (tertiary/aromatic N) is 3. The molecule has 0 aromatic heterocycles. The molecule has 1 aromatic carbocycles. The second kappa shape index (κ2) is 9.40. The summed E-state index contributed by atoms with van der Waals surface area (Å²) in [7, 11) is 5.58. The molecule has 0 saturated carbocycles. The van der Waals surface area contributed by atoms with Gasteiger partial charge in [0, 0.05) is 46.8 Å². The number of carbonyl (C=O) groups excluding carboxylic acids is 1. The fraction of sp³-hybridized carbons (Fsp3) is 0.611. The van der Waals surface area contributed by atoms with E-state index < -0.39 is 0 Å². The molecule has 25 heavy (non-hydrogen) atoms. The van der Waals surface area contributed by atoms with Gasteiger partial charge in [-0.05, 0) is 47.6 Å². The Morgan fingerprint density at radius 1 is 1.20 bits per heavy atom. The molecule has 1 aromatic rings. The minimum absolute atomic E-state index is 0.0104. The summed E-state index contributed by atoms with van der Waals surface area (Å²) in [6.45, 7) is 7.66. The topological polar surface area (TPSA) is 45.3 Å². The van der Waals surface area contributed by atoms with E-state index in [0.717, 1.165) is 37.2 Å². The third-order valence-corrected chi connectivity index (χ3v) is 4.80. The minimum atomic E-state index is -0.0872. The molecule has 0 unspecified atom stereocenters. The molecule has 0 radical (unpaired) electrons. The molecule has 0 aliphatic carbocycles. The zero-order chi connectivity index (χ0) is 18.4. The van der Waals surface area contributed by atoms with Crippen molar-refractivity contribution in [1.29, 1.82) is 0 Å². The Kier molecular flexibility index (Phi) is 7.53. The highest BCUT2D eigenvalue weighted by molar-refractivity contribution is 9.10. The quantitative estimate of drug-likeness (QED) is 0.684. The summed E-state index contributed by atoms with van der Waals surface area (Å²) < 4.78 is 12.3. The maximum absolute atomic E-state index is 11.8. The Hall–Kier alpha value is -1.31. The van der Waals surface area contributed by atoms with Gasteiger partial charge in [-0.1, -0.05) is 0 Å². The monoisotopic (exact) mass is 413 g/mol. The molecule has 1 heterocycles. The van der Waals surface area contributed by atoms with Gasteiger partial charge in [0.1, 0.15) is 0 Å². The maximum Gasteiger partial charge on any atom is 0.259 e. The Morgan fingerprint density at radius 3 is 2.48 bits per heavy atom. The van der Waals surface area contributed by atoms with Crippen molar-refractivity contribution in [3.63, 3.8) is 0 Å². The molecule has 0 atom stereocenters. The predicted molar refractivity (Wildman–Crippen MR) is 102 cm³/mol. The molecule has 1 saturated heterocycles. The molecular weight excluding hydrogens is 386 g/mol. The van der Waals surface area contributed by atoms with Gasteiger partial charge >= 0.3 is 0 Å². The number of piperazine rings is 1. The summed E-state index contributed by atoms with van der Waals surface area (Å²) in [5.74, 6) is 1.17. The molecule has 6 nitrogen and oxygen atoms in total. The summed E-state index contributed by atoms with van der Waals surface area (Å²) in [6.07, 6.45) is 0. The van der Waals surface area contributed by atoms with Gasteiger partial charge in [0.15, 0.2) is 18.1 Å². The molecule has 140 valence electrons. The van der Waals surface area contributed by atoms with Gasteiger partial charge in [0.2, 0.25) is 0 Å². The van der Waals surface area contributed by atoms with Crippen LogP contribution in [-0.4, -0.2) is 81.1 Å². The number of carbonyl (C=O) groups is 1. The lowest BCUT2D eigenvalue weighted by atomic mass is 10.1. The minimum Gasteiger partial charge on any atom is -0.490 e. The molecule has 1 fully saturated rings. The highest BCUT2D eigenvalue weighted by Crippen LogP contribution is 2.37. The van der Waals surface area contributed by atoms with Crippen molar-refractivity contribution in [2.24, 2.45) is 0 Å². The van der Waals surface area contributed by atoms with Crippen molar-refractivity contribution in [2.45, 2.75) is 13.5 Å². The largest absolute Gasteiger partial charge is 0.490 e. The average Bonchev–Trinajstić information content (AvgIpc) is 2.56. The van der Waals surface area contributed by atoms with Crippen LogP contribution in [0.15, 0.2) is 16.6 Å². The van der Waals surface area contributed by atoms with Crippen LogP contribution in [0.4, 0.5) is 0 Å². The van der Waals surface area contributed by atoms with Crippen molar-refractivity contribution in [3.8, 4) is 11.5 Å². The smallest absolute Gasteiger partial charge is 0.259 e. The summed E-state index contributed by atoms with van der Waals surface area (Å²) in [5.41, 5.74) is 1.17. The van der Waals surface area contributed by atoms with Crippen molar-refractivity contribution < 1.29 is 14.3 Å². The average molecular weight is 414 g/mol. The van der Waals surface area contributed by atoms with Crippen LogP contribution in [0.25, 0.3) is 0 Å². The number of hydrogen-bond donors (Lipinski definition) is 0. The number of benzene rings is 1. The lowest BCUT2D eigenvalue weighted by molar-refractivity contribution is -0.130. The van der Waals surface area contributed by atoms with Crippen LogP contribution in [-0.2, 0) is 11.3 Å². The van der Waals surface area contributed by atoms with Crippen molar-refractivity contribution in [3.05, 3.63) is 22.2 Å². The van der Waals surface area contributed by atoms with E-state index in [1.807, 2.05) is 13.0 Å². The lowest BCUT2D eigenvalue weighted by Crippen LogP contribution is -2.43. The van der Waals surface area contributed by atoms with Gasteiger partial charge in [-0.2, -0.15) is 0 Å². The Labute approximate surface area is 158 Å². The lowest BCUT2D eigenvalue weighted by Gasteiger charge is -2.32. The van der Waals surface area contributed by atoms with Gasteiger partial charge in [-0.25, -0.2) is 0 Å². The van der Waals surface area contributed by atoms with E-state index in [9.17, 15) is 4.79 Å². The third kappa shape index (κ3) is 5.87. The van der Waals surface area contributed by atoms with Crippen LogP contribution in [0, 0.1) is 0 Å². The zero-order valence-corrected chi connectivity index (χ0v) is 17.1. The molecule has 0 spiro atoms. The fourth-order valence-corrected chi connectivity index (χ4v) is 3.25. The van der Waals surface area contributed by atoms with Gasteiger partial charge in [0.25, 0.3) is 5.91 Å². The number of likely N-dealkylation sites (N-methyl/N-ethyl adjacent to an activating group) is 2. The van der Waals surface area contributed by atoms with E-state index >= 15 is 0 Å². The first-order chi connectivity index (χ1) is 11.9. The number of halogens is 1. The van der Waals surface area contributed by atoms with E-state index in [0.29, 0.717) is 18.1 Å². The van der Waals surface area contributed by atoms with Crippen molar-refractivity contribution in [1.82, 2.24) is 14.7 Å². The van der Waals surface area contributed by atoms with Gasteiger partial charge in [-0.15, -0.1) is 0 Å². The molecule has 2 rings (SSSR count). The Balaban J connectivity index is 2.11. The van der Waals surface area contributed by atoms with Gasteiger partial charge < -0.3 is 19.3 Å². The predicted octanol–water partition coefficient (Wildman–Crippen LogP) is 2.06. The molecule has 0 N–H and O–H groups in total. The maximum atomic E-state index is 11.8. The summed E-state index contributed by atoms with van der Waals surface area (Å²) in [5, 5.41) is 0. The molecule has 1 amide bonds. The van der Waals surface area contributed by atoms with E-state index in [-0.39, 0.29) is 12.5 Å². The van der Waals surface area contributed by atoms with Gasteiger partial charge in [0.05, 0.1) is 11.1 Å². The van der Waals surface area contributed by atoms with E-state index in [2.05, 4.69) is 38.8 Å². The third-order valence-electron chi connectivity index (χ3n) is 4.21. The summed E-state index contributed by atoms with van der Waals surface area (Å²) in [6, 6.07) is 4.07. The fourth-order valence-electron chi connectivity index (χ4n) is 2.64. The zero-order valence-electron chi connectivity index (χ0n) is 15.5. The van der Waals surface area contributed by atoms with Crippen LogP contribution < -0.4 is 9.47 Å². The number of amides is 1. The van der Waals surface area contributed by atoms with Gasteiger partial charge in [-0.3, -0.25) is 9.69 Å². The first kappa shape index (κ1) is 20.0. The first-order valence-corrected chi connectivity index (χ1v) is 9.39. The highest BCUT2D eigenvalue weighted by Gasteiger charge is 2.18. The molecule has 7 heteroatoms. The van der Waals surface area contributed by atoms with E-state index in [1.165, 1.54) is 10.5 Å². The SMILES string of the molecule is CCOc1cc(CN2CCN(C)CC2)cc(Br)c1OCC(=O)N(C)C. The standard InChI is InChI=1S/C18H28BrN3O3/c1-5-24-16-11-14(12-22-8-6-21(4)7-9-22)10-15(19)18(16)25-13-17(23)20(2)3/h10-11H,5-9,12-13H2,1-4H3. The van der Waals surface area contributed by atoms with Crippen LogP contribution >= 0.6 is 15.9 Å². The second-order valence-corrected chi connectivity index (χ2v) is 7.35. The van der Waals surface area contributed by atoms with Crippen LogP contribution in [0.5, 0.6) is 11.5 Å². The molecular formula is C18H28BrN3O3. The number of rotatable bonds is 7. The van der Waals surface area contributed by atoms with Crippen LogP contribution in [0.2, 0.25) is 0 Å². The molecule has 0 bridgehead atoms. The Morgan fingerprint density at radius 2 is 1.88 bits per heavy atom. The van der Waals surface area contributed by atoms with E-state index in [1.54, 1.807) is 14.1 Å². The van der Waals surface area contributed by atoms with Crippen molar-refractivity contribution >= 4 is 21.8 Å². The molecule has 1 aliphatic rings. The van der Waals surface area contributed by atoms with Crippen molar-refractivity contribution in [2.75, 3.05) is 60.5 Å². The van der Waals surface area contributed by atoms with E-state index in [4.69, 9.17) is 9.47 Å².